The van der Waals surface area contributed by atoms with E-state index < -0.39 is 23.8 Å². The van der Waals surface area contributed by atoms with Crippen molar-refractivity contribution in [2.75, 3.05) is 12.0 Å². The number of hydrogen-bond donors (Lipinski definition) is 1. The fourth-order valence-electron chi connectivity index (χ4n) is 3.86. The minimum Gasteiger partial charge on any atom is -0.465 e. The number of rotatable bonds is 4. The van der Waals surface area contributed by atoms with Crippen molar-refractivity contribution < 1.29 is 23.9 Å². The molecule has 0 atom stereocenters. The minimum atomic E-state index is -0.834. The highest BCUT2D eigenvalue weighted by molar-refractivity contribution is 6.39. The second-order valence-corrected chi connectivity index (χ2v) is 8.07. The molecule has 0 radical (unpaired) electrons. The highest BCUT2D eigenvalue weighted by atomic mass is 35.5. The predicted octanol–water partition coefficient (Wildman–Crippen LogP) is 4.20. The van der Waals surface area contributed by atoms with Crippen LogP contribution in [0.4, 0.5) is 10.5 Å². The Bertz CT molecular complexity index is 1370. The van der Waals surface area contributed by atoms with Crippen molar-refractivity contribution in [3.63, 3.8) is 0 Å². The van der Waals surface area contributed by atoms with Crippen LogP contribution in [-0.2, 0) is 14.3 Å². The van der Waals surface area contributed by atoms with Gasteiger partial charge in [0.05, 0.1) is 18.4 Å². The maximum absolute atomic E-state index is 13.1. The number of carbonyl (C=O) groups is 4. The van der Waals surface area contributed by atoms with Crippen LogP contribution in [0, 0.1) is 13.8 Å². The van der Waals surface area contributed by atoms with Crippen molar-refractivity contribution in [3.05, 3.63) is 87.7 Å². The monoisotopic (exact) mass is 477 g/mol. The van der Waals surface area contributed by atoms with E-state index in [1.165, 1.54) is 25.3 Å². The maximum Gasteiger partial charge on any atom is 0.337 e. The third-order valence-electron chi connectivity index (χ3n) is 5.48. The number of barbiturate groups is 1. The molecule has 0 bridgehead atoms. The van der Waals surface area contributed by atoms with Gasteiger partial charge in [-0.05, 0) is 74.0 Å². The van der Waals surface area contributed by atoms with Crippen molar-refractivity contribution in [1.29, 1.82) is 0 Å². The Labute approximate surface area is 200 Å². The summed E-state index contributed by atoms with van der Waals surface area (Å²) in [5.41, 5.74) is 3.40. The molecule has 1 aliphatic heterocycles. The number of esters is 1. The molecule has 172 valence electrons. The molecule has 0 saturated carbocycles. The van der Waals surface area contributed by atoms with Crippen LogP contribution < -0.4 is 10.2 Å². The third-order valence-corrected chi connectivity index (χ3v) is 5.73. The number of nitrogens with one attached hydrogen (secondary N) is 1. The molecule has 1 N–H and O–H groups in total. The van der Waals surface area contributed by atoms with E-state index in [1.807, 2.05) is 30.5 Å². The number of urea groups is 1. The lowest BCUT2D eigenvalue weighted by molar-refractivity contribution is -0.122. The second-order valence-electron chi connectivity index (χ2n) is 7.64. The normalized spacial score (nSPS) is 15.0. The van der Waals surface area contributed by atoms with Crippen molar-refractivity contribution >= 4 is 47.2 Å². The smallest absolute Gasteiger partial charge is 0.337 e. The largest absolute Gasteiger partial charge is 0.465 e. The number of methoxy groups -OCH3 is 1. The Morgan fingerprint density at radius 2 is 1.71 bits per heavy atom. The third kappa shape index (κ3) is 4.11. The molecule has 9 heteroatoms. The van der Waals surface area contributed by atoms with Crippen LogP contribution >= 0.6 is 11.6 Å². The number of benzene rings is 2. The molecule has 34 heavy (non-hydrogen) atoms. The summed E-state index contributed by atoms with van der Waals surface area (Å²) >= 11 is 5.91. The van der Waals surface area contributed by atoms with Gasteiger partial charge in [0, 0.05) is 22.1 Å². The number of anilines is 1. The topological polar surface area (TPSA) is 97.7 Å². The van der Waals surface area contributed by atoms with Crippen LogP contribution in [0.2, 0.25) is 5.02 Å². The Morgan fingerprint density at radius 1 is 1.00 bits per heavy atom. The molecular weight excluding hydrogens is 458 g/mol. The number of aryl methyl sites for hydroxylation is 1. The Kier molecular flexibility index (Phi) is 6.08. The molecule has 0 aliphatic carbocycles. The lowest BCUT2D eigenvalue weighted by Crippen LogP contribution is -2.54. The number of amides is 4. The number of halogens is 1. The molecule has 0 spiro atoms. The molecule has 2 heterocycles. The molecular formula is C25H20ClN3O5. The van der Waals surface area contributed by atoms with Crippen molar-refractivity contribution in [2.24, 2.45) is 0 Å². The number of carbonyl (C=O) groups excluding carboxylic acids is 4. The summed E-state index contributed by atoms with van der Waals surface area (Å²) in [7, 11) is 1.32. The standard InChI is InChI=1S/C25H20ClN3O5/c1-14-11-17(15(2)28(14)20-6-4-5-16(12-20)24(32)34-3)13-21-22(30)27-25(33)29(23(21)31)19-9-7-18(26)8-10-19/h4-13H,1-3H3,(H,27,30,33)/b21-13+. The molecule has 4 rings (SSSR count). The van der Waals surface area contributed by atoms with Gasteiger partial charge in [0.25, 0.3) is 11.8 Å². The van der Waals surface area contributed by atoms with Crippen LogP contribution in [0.3, 0.4) is 0 Å². The first-order valence-electron chi connectivity index (χ1n) is 10.3. The number of hydrogen-bond acceptors (Lipinski definition) is 5. The van der Waals surface area contributed by atoms with Gasteiger partial charge in [0.15, 0.2) is 0 Å². The van der Waals surface area contributed by atoms with Crippen LogP contribution in [0.25, 0.3) is 11.8 Å². The molecule has 2 aromatic carbocycles. The first kappa shape index (κ1) is 23.0. The van der Waals surface area contributed by atoms with E-state index in [-0.39, 0.29) is 11.3 Å². The summed E-state index contributed by atoms with van der Waals surface area (Å²) in [6.45, 7) is 3.70. The molecule has 8 nitrogen and oxygen atoms in total. The van der Waals surface area contributed by atoms with Gasteiger partial charge in [-0.3, -0.25) is 14.9 Å². The zero-order valence-electron chi connectivity index (χ0n) is 18.6. The summed E-state index contributed by atoms with van der Waals surface area (Å²) in [6, 6.07) is 14.1. The lowest BCUT2D eigenvalue weighted by Gasteiger charge is -2.26. The summed E-state index contributed by atoms with van der Waals surface area (Å²) in [4.78, 5) is 50.9. The Balaban J connectivity index is 1.75. The molecule has 1 aromatic heterocycles. The fraction of sp³-hybridized carbons (Fsp3) is 0.120. The van der Waals surface area contributed by atoms with Crippen LogP contribution in [0.1, 0.15) is 27.3 Å². The van der Waals surface area contributed by atoms with E-state index in [0.29, 0.717) is 16.1 Å². The number of aromatic nitrogens is 1. The minimum absolute atomic E-state index is 0.182. The van der Waals surface area contributed by atoms with E-state index in [0.717, 1.165) is 22.0 Å². The van der Waals surface area contributed by atoms with Gasteiger partial charge in [0.1, 0.15) is 5.57 Å². The van der Waals surface area contributed by atoms with E-state index in [9.17, 15) is 19.2 Å². The van der Waals surface area contributed by atoms with Gasteiger partial charge >= 0.3 is 12.0 Å². The van der Waals surface area contributed by atoms with Crippen LogP contribution in [0.5, 0.6) is 0 Å². The van der Waals surface area contributed by atoms with E-state index in [2.05, 4.69) is 5.32 Å². The summed E-state index contributed by atoms with van der Waals surface area (Å²) in [5, 5.41) is 2.66. The van der Waals surface area contributed by atoms with E-state index in [4.69, 9.17) is 16.3 Å². The van der Waals surface area contributed by atoms with Gasteiger partial charge in [-0.2, -0.15) is 0 Å². The Hall–Kier alpha value is -4.17. The number of ether oxygens (including phenoxy) is 1. The Morgan fingerprint density at radius 3 is 2.38 bits per heavy atom. The molecule has 1 saturated heterocycles. The SMILES string of the molecule is COC(=O)c1cccc(-n2c(C)cc(/C=C3\C(=O)NC(=O)N(c4ccc(Cl)cc4)C3=O)c2C)c1. The van der Waals surface area contributed by atoms with Crippen molar-refractivity contribution in [3.8, 4) is 5.69 Å². The molecule has 0 unspecified atom stereocenters. The van der Waals surface area contributed by atoms with Crippen molar-refractivity contribution in [1.82, 2.24) is 9.88 Å². The van der Waals surface area contributed by atoms with Gasteiger partial charge in [0.2, 0.25) is 0 Å². The molecule has 4 amide bonds. The first-order chi connectivity index (χ1) is 16.2. The van der Waals surface area contributed by atoms with Gasteiger partial charge in [-0.1, -0.05) is 17.7 Å². The number of nitrogens with zero attached hydrogens (tertiary/aromatic N) is 2. The van der Waals surface area contributed by atoms with Crippen molar-refractivity contribution in [2.45, 2.75) is 13.8 Å². The van der Waals surface area contributed by atoms with Gasteiger partial charge < -0.3 is 9.30 Å². The van der Waals surface area contributed by atoms with Crippen LogP contribution in [-0.4, -0.2) is 35.5 Å². The van der Waals surface area contributed by atoms with E-state index >= 15 is 0 Å². The maximum atomic E-state index is 13.1. The van der Waals surface area contributed by atoms with Gasteiger partial charge in [-0.15, -0.1) is 0 Å². The zero-order chi connectivity index (χ0) is 24.6. The molecule has 1 fully saturated rings. The fourth-order valence-corrected chi connectivity index (χ4v) is 3.98. The molecule has 1 aliphatic rings. The highest BCUT2D eigenvalue weighted by Gasteiger charge is 2.37. The van der Waals surface area contributed by atoms with E-state index in [1.54, 1.807) is 30.3 Å². The molecule has 3 aromatic rings. The van der Waals surface area contributed by atoms with Crippen LogP contribution in [0.15, 0.2) is 60.2 Å². The number of imide groups is 2. The second kappa shape index (κ2) is 8.99. The average Bonchev–Trinajstić information content (AvgIpc) is 3.09. The predicted molar refractivity (Wildman–Crippen MR) is 127 cm³/mol. The van der Waals surface area contributed by atoms with Gasteiger partial charge in [-0.25, -0.2) is 14.5 Å². The summed E-state index contributed by atoms with van der Waals surface area (Å²) in [6.07, 6.45) is 1.45. The highest BCUT2D eigenvalue weighted by Crippen LogP contribution is 2.27. The lowest BCUT2D eigenvalue weighted by atomic mass is 10.1. The zero-order valence-corrected chi connectivity index (χ0v) is 19.3. The quantitative estimate of drug-likeness (QED) is 0.345. The summed E-state index contributed by atoms with van der Waals surface area (Å²) in [5.74, 6) is -1.98. The average molecular weight is 478 g/mol. The first-order valence-corrected chi connectivity index (χ1v) is 10.6. The summed E-state index contributed by atoms with van der Waals surface area (Å²) < 4.78 is 6.69.